The fourth-order valence-corrected chi connectivity index (χ4v) is 4.56. The van der Waals surface area contributed by atoms with Gasteiger partial charge in [0.2, 0.25) is 10.0 Å². The molecule has 0 saturated carbocycles. The highest BCUT2D eigenvalue weighted by atomic mass is 32.2. The molecule has 0 bridgehead atoms. The number of rotatable bonds is 11. The minimum atomic E-state index is -3.54. The third-order valence-corrected chi connectivity index (χ3v) is 6.62. The van der Waals surface area contributed by atoms with Gasteiger partial charge in [0.05, 0.1) is 11.0 Å². The average Bonchev–Trinajstić information content (AvgIpc) is 2.74. The first kappa shape index (κ1) is 23.9. The van der Waals surface area contributed by atoms with Crippen molar-refractivity contribution >= 4 is 21.6 Å². The molecule has 1 N–H and O–H groups in total. The lowest BCUT2D eigenvalue weighted by molar-refractivity contribution is 0.102. The van der Waals surface area contributed by atoms with Gasteiger partial charge in [-0.1, -0.05) is 26.8 Å². The lowest BCUT2D eigenvalue weighted by Crippen LogP contribution is -2.32. The number of carbonyl (C=O) groups excluding carboxylic acids is 1. The predicted octanol–water partition coefficient (Wildman–Crippen LogP) is 4.93. The molecule has 30 heavy (non-hydrogen) atoms. The molecule has 6 nitrogen and oxygen atoms in total. The number of hydrogen-bond donors (Lipinski definition) is 1. The summed E-state index contributed by atoms with van der Waals surface area (Å²) in [7, 11) is -3.54. The Labute approximate surface area is 180 Å². The molecule has 0 aromatic heterocycles. The van der Waals surface area contributed by atoms with Crippen LogP contribution in [-0.2, 0) is 10.0 Å². The minimum absolute atomic E-state index is 0.0674. The van der Waals surface area contributed by atoms with Crippen molar-refractivity contribution in [3.8, 4) is 5.75 Å². The number of amides is 1. The van der Waals surface area contributed by atoms with Crippen LogP contribution in [0, 0.1) is 0 Å². The van der Waals surface area contributed by atoms with Crippen LogP contribution in [0.15, 0.2) is 53.4 Å². The lowest BCUT2D eigenvalue weighted by atomic mass is 10.2. The second-order valence-corrected chi connectivity index (χ2v) is 9.19. The van der Waals surface area contributed by atoms with Crippen molar-refractivity contribution in [1.82, 2.24) is 4.31 Å². The van der Waals surface area contributed by atoms with Crippen LogP contribution < -0.4 is 10.1 Å². The fraction of sp³-hybridized carbons (Fsp3) is 0.435. The molecule has 0 fully saturated rings. The number of hydrogen-bond acceptors (Lipinski definition) is 4. The van der Waals surface area contributed by atoms with Crippen molar-refractivity contribution in [2.24, 2.45) is 0 Å². The molecule has 2 aromatic rings. The van der Waals surface area contributed by atoms with Crippen LogP contribution in [-0.4, -0.2) is 37.8 Å². The normalized spacial score (nSPS) is 12.6. The van der Waals surface area contributed by atoms with E-state index in [4.69, 9.17) is 4.74 Å². The first-order valence-electron chi connectivity index (χ1n) is 10.5. The van der Waals surface area contributed by atoms with Gasteiger partial charge in [-0.2, -0.15) is 4.31 Å². The number of ether oxygens (including phenoxy) is 1. The Hall–Kier alpha value is -2.38. The summed E-state index contributed by atoms with van der Waals surface area (Å²) in [6, 6.07) is 13.3. The Bertz CT molecular complexity index is 920. The van der Waals surface area contributed by atoms with Crippen LogP contribution in [0.3, 0.4) is 0 Å². The molecule has 0 heterocycles. The van der Waals surface area contributed by atoms with Crippen LogP contribution in [0.25, 0.3) is 0 Å². The maximum Gasteiger partial charge on any atom is 0.255 e. The molecule has 0 aliphatic heterocycles. The molecule has 0 aliphatic rings. The van der Waals surface area contributed by atoms with Crippen LogP contribution in [0.4, 0.5) is 5.69 Å². The van der Waals surface area contributed by atoms with Crippen LogP contribution >= 0.6 is 0 Å². The number of carbonyl (C=O) groups is 1. The number of nitrogens with one attached hydrogen (secondary N) is 1. The highest BCUT2D eigenvalue weighted by Gasteiger charge is 2.23. The first-order valence-corrected chi connectivity index (χ1v) is 11.9. The molecule has 1 amide bonds. The summed E-state index contributed by atoms with van der Waals surface area (Å²) in [5.41, 5.74) is 1.01. The number of nitrogens with zero attached hydrogens (tertiary/aromatic N) is 1. The van der Waals surface area contributed by atoms with Crippen LogP contribution in [0.2, 0.25) is 0 Å². The summed E-state index contributed by atoms with van der Waals surface area (Å²) in [6.07, 6.45) is 2.46. The average molecular weight is 433 g/mol. The number of benzene rings is 2. The van der Waals surface area contributed by atoms with E-state index in [-0.39, 0.29) is 16.9 Å². The van der Waals surface area contributed by atoms with Gasteiger partial charge in [0.1, 0.15) is 5.75 Å². The molecule has 0 aliphatic carbocycles. The Morgan fingerprint density at radius 1 is 1.03 bits per heavy atom. The van der Waals surface area contributed by atoms with Gasteiger partial charge in [-0.25, -0.2) is 8.42 Å². The summed E-state index contributed by atoms with van der Waals surface area (Å²) in [4.78, 5) is 12.8. The fourth-order valence-electron chi connectivity index (χ4n) is 2.94. The van der Waals surface area contributed by atoms with Gasteiger partial charge in [-0.3, -0.25) is 4.79 Å². The van der Waals surface area contributed by atoms with Crippen LogP contribution in [0.1, 0.15) is 57.3 Å². The topological polar surface area (TPSA) is 75.7 Å². The summed E-state index contributed by atoms with van der Waals surface area (Å²) in [6.45, 7) is 8.91. The smallest absolute Gasteiger partial charge is 0.255 e. The molecule has 164 valence electrons. The molecule has 1 unspecified atom stereocenters. The summed E-state index contributed by atoms with van der Waals surface area (Å²) in [5.74, 6) is 0.365. The molecule has 1 atom stereocenters. The first-order chi connectivity index (χ1) is 14.3. The van der Waals surface area contributed by atoms with Gasteiger partial charge < -0.3 is 10.1 Å². The summed E-state index contributed by atoms with van der Waals surface area (Å²) >= 11 is 0. The van der Waals surface area contributed by atoms with Crippen LogP contribution in [0.5, 0.6) is 5.75 Å². The molecule has 0 radical (unpaired) electrons. The van der Waals surface area contributed by atoms with E-state index in [1.807, 2.05) is 33.8 Å². The van der Waals surface area contributed by atoms with Gasteiger partial charge in [0.25, 0.3) is 5.91 Å². The Morgan fingerprint density at radius 2 is 1.67 bits per heavy atom. The summed E-state index contributed by atoms with van der Waals surface area (Å²) in [5, 5.41) is 2.81. The van der Waals surface area contributed by atoms with Crippen molar-refractivity contribution in [2.75, 3.05) is 18.4 Å². The molecule has 0 saturated heterocycles. The quantitative estimate of drug-likeness (QED) is 0.546. The lowest BCUT2D eigenvalue weighted by Gasteiger charge is -2.21. The molecular formula is C23H32N2O4S. The third-order valence-electron chi connectivity index (χ3n) is 4.70. The van der Waals surface area contributed by atoms with E-state index in [0.29, 0.717) is 30.1 Å². The molecule has 2 rings (SSSR count). The monoisotopic (exact) mass is 432 g/mol. The number of anilines is 1. The summed E-state index contributed by atoms with van der Waals surface area (Å²) < 4.78 is 33.0. The zero-order valence-electron chi connectivity index (χ0n) is 18.2. The number of sulfonamides is 1. The third kappa shape index (κ3) is 6.31. The minimum Gasteiger partial charge on any atom is -0.491 e. The van der Waals surface area contributed by atoms with E-state index >= 15 is 0 Å². The van der Waals surface area contributed by atoms with Gasteiger partial charge >= 0.3 is 0 Å². The van der Waals surface area contributed by atoms with Crippen molar-refractivity contribution in [1.29, 1.82) is 0 Å². The molecular weight excluding hydrogens is 400 g/mol. The van der Waals surface area contributed by atoms with E-state index in [2.05, 4.69) is 5.32 Å². The zero-order chi connectivity index (χ0) is 22.1. The van der Waals surface area contributed by atoms with Crippen molar-refractivity contribution in [2.45, 2.75) is 58.0 Å². The maximum absolute atomic E-state index is 12.8. The standard InChI is InChI=1S/C23H32N2O4S/c1-5-15-25(16-6-2)30(27,28)22-13-11-20(12-14-22)24-23(26)19-9-8-10-21(17-19)29-18(4)7-3/h8-14,17-18H,5-7,15-16H2,1-4H3,(H,24,26). The van der Waals surface area contributed by atoms with Crippen molar-refractivity contribution in [3.63, 3.8) is 0 Å². The predicted molar refractivity (Wildman–Crippen MR) is 121 cm³/mol. The highest BCUT2D eigenvalue weighted by molar-refractivity contribution is 7.89. The van der Waals surface area contributed by atoms with E-state index < -0.39 is 10.0 Å². The van der Waals surface area contributed by atoms with Gasteiger partial charge in [0.15, 0.2) is 0 Å². The van der Waals surface area contributed by atoms with E-state index in [1.54, 1.807) is 30.3 Å². The van der Waals surface area contributed by atoms with Gasteiger partial charge in [0, 0.05) is 24.3 Å². The van der Waals surface area contributed by atoms with Gasteiger partial charge in [-0.05, 0) is 68.7 Å². The second kappa shape index (κ2) is 11.1. The Balaban J connectivity index is 2.12. The second-order valence-electron chi connectivity index (χ2n) is 7.25. The highest BCUT2D eigenvalue weighted by Crippen LogP contribution is 2.21. The van der Waals surface area contributed by atoms with E-state index in [0.717, 1.165) is 19.3 Å². The Kier molecular flexibility index (Phi) is 8.87. The molecule has 2 aromatic carbocycles. The SMILES string of the molecule is CCCN(CCC)S(=O)(=O)c1ccc(NC(=O)c2cccc(OC(C)CC)c2)cc1. The molecule has 7 heteroatoms. The maximum atomic E-state index is 12.8. The zero-order valence-corrected chi connectivity index (χ0v) is 19.0. The van der Waals surface area contributed by atoms with Gasteiger partial charge in [-0.15, -0.1) is 0 Å². The largest absolute Gasteiger partial charge is 0.491 e. The Morgan fingerprint density at radius 3 is 2.23 bits per heavy atom. The van der Waals surface area contributed by atoms with E-state index in [1.165, 1.54) is 16.4 Å². The van der Waals surface area contributed by atoms with E-state index in [9.17, 15) is 13.2 Å². The molecule has 0 spiro atoms. The van der Waals surface area contributed by atoms with Crippen molar-refractivity contribution < 1.29 is 17.9 Å². The van der Waals surface area contributed by atoms with Crippen molar-refractivity contribution in [3.05, 3.63) is 54.1 Å².